The van der Waals surface area contributed by atoms with Gasteiger partial charge in [0.2, 0.25) is 5.91 Å². The van der Waals surface area contributed by atoms with E-state index in [2.05, 4.69) is 24.5 Å². The zero-order valence-electron chi connectivity index (χ0n) is 13.7. The summed E-state index contributed by atoms with van der Waals surface area (Å²) in [7, 11) is 1.61. The highest BCUT2D eigenvalue weighted by Crippen LogP contribution is 2.27. The quantitative estimate of drug-likeness (QED) is 0.632. The van der Waals surface area contributed by atoms with Gasteiger partial charge in [0.25, 0.3) is 0 Å². The molecule has 2 N–H and O–H groups in total. The Balaban J connectivity index is 2.31. The molecule has 1 aromatic rings. The van der Waals surface area contributed by atoms with Crippen LogP contribution in [0.1, 0.15) is 46.0 Å². The zero-order valence-corrected chi connectivity index (χ0v) is 14.5. The van der Waals surface area contributed by atoms with E-state index >= 15 is 0 Å². The third kappa shape index (κ3) is 7.03. The second-order valence-corrected chi connectivity index (χ2v) is 5.92. The number of halogens is 1. The van der Waals surface area contributed by atoms with Crippen LogP contribution >= 0.6 is 11.6 Å². The fraction of sp³-hybridized carbons (Fsp3) is 0.588. The minimum absolute atomic E-state index is 0.0671. The van der Waals surface area contributed by atoms with Gasteiger partial charge in [-0.05, 0) is 31.5 Å². The summed E-state index contributed by atoms with van der Waals surface area (Å²) in [5, 5.41) is 6.86. The minimum Gasteiger partial charge on any atom is -0.495 e. The highest BCUT2D eigenvalue weighted by Gasteiger charge is 2.08. The molecule has 0 saturated carbocycles. The van der Waals surface area contributed by atoms with E-state index in [1.54, 1.807) is 25.3 Å². The van der Waals surface area contributed by atoms with Crippen molar-refractivity contribution in [3.8, 4) is 5.75 Å². The van der Waals surface area contributed by atoms with Gasteiger partial charge in [0.05, 0.1) is 12.8 Å². The third-order valence-corrected chi connectivity index (χ3v) is 3.71. The Morgan fingerprint density at radius 3 is 2.82 bits per heavy atom. The van der Waals surface area contributed by atoms with Crippen LogP contribution in [0.4, 0.5) is 5.69 Å². The number of ether oxygens (including phenoxy) is 1. The van der Waals surface area contributed by atoms with E-state index in [0.717, 1.165) is 24.3 Å². The molecule has 0 saturated heterocycles. The fourth-order valence-corrected chi connectivity index (χ4v) is 2.42. The van der Waals surface area contributed by atoms with Crippen LogP contribution in [-0.2, 0) is 4.79 Å². The van der Waals surface area contributed by atoms with Gasteiger partial charge in [-0.2, -0.15) is 0 Å². The number of carbonyl (C=O) groups is 1. The zero-order chi connectivity index (χ0) is 16.4. The summed E-state index contributed by atoms with van der Waals surface area (Å²) in [4.78, 5) is 11.9. The van der Waals surface area contributed by atoms with Crippen molar-refractivity contribution in [1.29, 1.82) is 0 Å². The van der Waals surface area contributed by atoms with E-state index < -0.39 is 0 Å². The molecule has 124 valence electrons. The van der Waals surface area contributed by atoms with Gasteiger partial charge in [-0.15, -0.1) is 0 Å². The van der Waals surface area contributed by atoms with Crippen molar-refractivity contribution in [2.24, 2.45) is 0 Å². The molecule has 0 fully saturated rings. The van der Waals surface area contributed by atoms with Crippen molar-refractivity contribution < 1.29 is 9.53 Å². The second kappa shape index (κ2) is 10.3. The fourth-order valence-electron chi connectivity index (χ4n) is 2.25. The Kier molecular flexibility index (Phi) is 8.75. The van der Waals surface area contributed by atoms with E-state index in [1.807, 2.05) is 0 Å². The number of benzene rings is 1. The molecule has 1 atom stereocenters. The monoisotopic (exact) mass is 326 g/mol. The van der Waals surface area contributed by atoms with Gasteiger partial charge in [0.15, 0.2) is 0 Å². The summed E-state index contributed by atoms with van der Waals surface area (Å²) in [6.07, 6.45) is 5.04. The number of rotatable bonds is 10. The number of amides is 1. The summed E-state index contributed by atoms with van der Waals surface area (Å²) < 4.78 is 5.26. The Morgan fingerprint density at radius 2 is 2.14 bits per heavy atom. The van der Waals surface area contributed by atoms with E-state index in [4.69, 9.17) is 16.3 Å². The largest absolute Gasteiger partial charge is 0.495 e. The van der Waals surface area contributed by atoms with Crippen LogP contribution in [0, 0.1) is 0 Å². The predicted octanol–water partition coefficient (Wildman–Crippen LogP) is 4.24. The van der Waals surface area contributed by atoms with Crippen LogP contribution in [0.15, 0.2) is 18.2 Å². The summed E-state index contributed by atoms with van der Waals surface area (Å²) in [6, 6.07) is 5.61. The molecule has 0 aliphatic rings. The van der Waals surface area contributed by atoms with Crippen LogP contribution in [0.5, 0.6) is 5.75 Å². The lowest BCUT2D eigenvalue weighted by molar-refractivity contribution is -0.121. The SMILES string of the molecule is CCCCCC(C)NC(=O)CCNc1cc(Cl)ccc1OC. The standard InChI is InChI=1S/C17H27ClN2O2/c1-4-5-6-7-13(2)20-17(21)10-11-19-15-12-14(18)8-9-16(15)22-3/h8-9,12-13,19H,4-7,10-11H2,1-3H3,(H,20,21). The maximum atomic E-state index is 11.9. The molecule has 1 aromatic carbocycles. The number of carbonyl (C=O) groups excluding carboxylic acids is 1. The second-order valence-electron chi connectivity index (χ2n) is 5.49. The van der Waals surface area contributed by atoms with E-state index in [1.165, 1.54) is 12.8 Å². The van der Waals surface area contributed by atoms with E-state index in [-0.39, 0.29) is 11.9 Å². The topological polar surface area (TPSA) is 50.4 Å². The van der Waals surface area contributed by atoms with Crippen LogP contribution in [-0.4, -0.2) is 25.6 Å². The Labute approximate surface area is 138 Å². The lowest BCUT2D eigenvalue weighted by Crippen LogP contribution is -2.33. The molecule has 0 spiro atoms. The third-order valence-electron chi connectivity index (χ3n) is 3.48. The molecule has 0 aliphatic heterocycles. The van der Waals surface area contributed by atoms with Gasteiger partial charge in [-0.1, -0.05) is 37.8 Å². The molecule has 1 amide bonds. The molecular formula is C17H27ClN2O2. The maximum Gasteiger partial charge on any atom is 0.221 e. The lowest BCUT2D eigenvalue weighted by Gasteiger charge is -2.15. The number of hydrogen-bond acceptors (Lipinski definition) is 3. The summed E-state index contributed by atoms with van der Waals surface area (Å²) in [5.74, 6) is 0.787. The summed E-state index contributed by atoms with van der Waals surface area (Å²) in [5.41, 5.74) is 0.804. The van der Waals surface area contributed by atoms with Crippen molar-refractivity contribution in [3.05, 3.63) is 23.2 Å². The van der Waals surface area contributed by atoms with Gasteiger partial charge in [-0.3, -0.25) is 4.79 Å². The number of unbranched alkanes of at least 4 members (excludes halogenated alkanes) is 2. The normalized spacial score (nSPS) is 11.8. The first kappa shape index (κ1) is 18.6. The van der Waals surface area contributed by atoms with Gasteiger partial charge >= 0.3 is 0 Å². The highest BCUT2D eigenvalue weighted by atomic mass is 35.5. The number of methoxy groups -OCH3 is 1. The average molecular weight is 327 g/mol. The van der Waals surface area contributed by atoms with Gasteiger partial charge < -0.3 is 15.4 Å². The molecule has 5 heteroatoms. The molecule has 1 unspecified atom stereocenters. The van der Waals surface area contributed by atoms with Crippen LogP contribution in [0.3, 0.4) is 0 Å². The molecule has 0 radical (unpaired) electrons. The molecule has 1 rings (SSSR count). The first-order valence-corrected chi connectivity index (χ1v) is 8.31. The molecular weight excluding hydrogens is 300 g/mol. The van der Waals surface area contributed by atoms with Crippen molar-refractivity contribution in [2.75, 3.05) is 19.0 Å². The summed E-state index contributed by atoms with van der Waals surface area (Å²) >= 11 is 5.97. The number of nitrogens with one attached hydrogen (secondary N) is 2. The lowest BCUT2D eigenvalue weighted by atomic mass is 10.1. The maximum absolute atomic E-state index is 11.9. The van der Waals surface area contributed by atoms with Gasteiger partial charge in [0, 0.05) is 24.0 Å². The van der Waals surface area contributed by atoms with E-state index in [9.17, 15) is 4.79 Å². The van der Waals surface area contributed by atoms with Gasteiger partial charge in [0.1, 0.15) is 5.75 Å². The highest BCUT2D eigenvalue weighted by molar-refractivity contribution is 6.30. The first-order chi connectivity index (χ1) is 10.6. The molecule has 0 aromatic heterocycles. The smallest absolute Gasteiger partial charge is 0.221 e. The first-order valence-electron chi connectivity index (χ1n) is 7.93. The predicted molar refractivity (Wildman–Crippen MR) is 92.9 cm³/mol. The molecule has 22 heavy (non-hydrogen) atoms. The van der Waals surface area contributed by atoms with Crippen LogP contribution in [0.25, 0.3) is 0 Å². The average Bonchev–Trinajstić information content (AvgIpc) is 2.47. The molecule has 0 heterocycles. The number of hydrogen-bond donors (Lipinski definition) is 2. The number of anilines is 1. The minimum atomic E-state index is 0.0671. The van der Waals surface area contributed by atoms with Gasteiger partial charge in [-0.25, -0.2) is 0 Å². The molecule has 0 aliphatic carbocycles. The van der Waals surface area contributed by atoms with Crippen molar-refractivity contribution >= 4 is 23.2 Å². The van der Waals surface area contributed by atoms with Crippen LogP contribution < -0.4 is 15.4 Å². The van der Waals surface area contributed by atoms with Crippen molar-refractivity contribution in [3.63, 3.8) is 0 Å². The Morgan fingerprint density at radius 1 is 1.36 bits per heavy atom. The van der Waals surface area contributed by atoms with E-state index in [0.29, 0.717) is 18.0 Å². The van der Waals surface area contributed by atoms with Crippen LogP contribution in [0.2, 0.25) is 5.02 Å². The Hall–Kier alpha value is -1.42. The molecule has 0 bridgehead atoms. The van der Waals surface area contributed by atoms with Crippen molar-refractivity contribution in [1.82, 2.24) is 5.32 Å². The molecule has 4 nitrogen and oxygen atoms in total. The summed E-state index contributed by atoms with van der Waals surface area (Å²) in [6.45, 7) is 4.78. The van der Waals surface area contributed by atoms with Crippen molar-refractivity contribution in [2.45, 2.75) is 52.0 Å². The Bertz CT molecular complexity index is 466.